The average molecular weight is 970 g/mol. The van der Waals surface area contributed by atoms with Crippen molar-refractivity contribution >= 4 is 65.1 Å². The molecule has 0 aromatic carbocycles. The van der Waals surface area contributed by atoms with Gasteiger partial charge in [-0.15, -0.1) is 0 Å². The summed E-state index contributed by atoms with van der Waals surface area (Å²) < 4.78 is 0. The van der Waals surface area contributed by atoms with Crippen molar-refractivity contribution < 1.29 is 73.2 Å². The minimum absolute atomic E-state index is 0.00944. The molecule has 0 aromatic rings. The number of hydrogen-bond donors (Lipinski definition) is 14. The van der Waals surface area contributed by atoms with Gasteiger partial charge in [-0.3, -0.25) is 47.9 Å². The molecule has 2 rings (SSSR count). The number of nitrogens with two attached hydrogens (primary N) is 2. The summed E-state index contributed by atoms with van der Waals surface area (Å²) in [6, 6.07) is -12.4. The largest absolute Gasteiger partial charge is 0.481 e. The van der Waals surface area contributed by atoms with Crippen LogP contribution >= 0.6 is 0 Å². The molecule has 0 unspecified atom stereocenters. The van der Waals surface area contributed by atoms with Crippen molar-refractivity contribution in [2.75, 3.05) is 19.6 Å². The lowest BCUT2D eigenvalue weighted by molar-refractivity contribution is -0.145. The fraction of sp³-hybridized carbons (Fsp3) is 0.738. The molecule has 2 saturated heterocycles. The summed E-state index contributed by atoms with van der Waals surface area (Å²) in [6.07, 6.45) is -2.35. The third-order valence-corrected chi connectivity index (χ3v) is 11.3. The highest BCUT2D eigenvalue weighted by Gasteiger charge is 2.41. The van der Waals surface area contributed by atoms with Crippen LogP contribution in [0.4, 0.5) is 0 Å². The predicted molar refractivity (Wildman–Crippen MR) is 239 cm³/mol. The van der Waals surface area contributed by atoms with Crippen molar-refractivity contribution in [3.05, 3.63) is 0 Å². The molecular formula is C42H71N11O15. The SMILES string of the molecule is CC(C)C[C@H](NC(=O)[C@@H]1CCCN1)C(=O)N1CCC[C@H]1C(=O)N[C@@H](CC(N)=O)C(=O)N[C@@H](C)C(=O)N[C@@H](CCC(=O)O)C(=O)N[C@H](C(=O)N[C@@H](CCCCN)C(=O)N[C@H](C(=O)O)[C@@H](C)O)[C@@H](C)O. The van der Waals surface area contributed by atoms with Gasteiger partial charge in [-0.25, -0.2) is 4.79 Å². The Morgan fingerprint density at radius 2 is 1.22 bits per heavy atom. The van der Waals surface area contributed by atoms with Crippen molar-refractivity contribution in [1.82, 2.24) is 47.4 Å². The first-order valence-electron chi connectivity index (χ1n) is 22.8. The van der Waals surface area contributed by atoms with Crippen LogP contribution in [0.5, 0.6) is 0 Å². The zero-order valence-electron chi connectivity index (χ0n) is 39.2. The van der Waals surface area contributed by atoms with Gasteiger partial charge >= 0.3 is 11.9 Å². The molecule has 9 amide bonds. The number of carbonyl (C=O) groups is 11. The van der Waals surface area contributed by atoms with Crippen molar-refractivity contribution in [3.63, 3.8) is 0 Å². The molecule has 2 aliphatic rings. The molecule has 0 aliphatic carbocycles. The number of carbonyl (C=O) groups excluding carboxylic acids is 9. The van der Waals surface area contributed by atoms with Gasteiger partial charge in [-0.2, -0.15) is 0 Å². The second-order valence-electron chi connectivity index (χ2n) is 17.6. The third kappa shape index (κ3) is 19.0. The van der Waals surface area contributed by atoms with E-state index in [1.807, 2.05) is 13.8 Å². The summed E-state index contributed by atoms with van der Waals surface area (Å²) in [5.74, 6) is -11.1. The lowest BCUT2D eigenvalue weighted by Crippen LogP contribution is -2.61. The van der Waals surface area contributed by atoms with Crippen LogP contribution in [0.1, 0.15) is 105 Å². The van der Waals surface area contributed by atoms with Crippen LogP contribution in [0.15, 0.2) is 0 Å². The number of aliphatic hydroxyl groups excluding tert-OH is 2. The van der Waals surface area contributed by atoms with Crippen LogP contribution < -0.4 is 54.0 Å². The van der Waals surface area contributed by atoms with Gasteiger partial charge in [0.2, 0.25) is 53.2 Å². The number of hydrogen-bond acceptors (Lipinski definition) is 15. The van der Waals surface area contributed by atoms with Gasteiger partial charge in [0.05, 0.1) is 24.7 Å². The standard InChI is InChI=1S/C42H71N11O15/c1-20(2)18-28(50-35(60)24-11-8-16-45-24)41(66)53-17-9-12-29(53)39(64)49-27(19-30(44)56)38(63)46-21(3)34(59)47-26(13-14-31(57)58)37(62)51-32(22(4)54)40(65)48-25(10-6-7-15-43)36(61)52-33(23(5)55)42(67)68/h20-29,32-33,45,54-55H,6-19,43H2,1-5H3,(H2,44,56)(H,46,63)(H,47,59)(H,48,65)(H,49,64)(H,50,60)(H,51,62)(H,52,61)(H,57,58)(H,67,68)/t21-,22+,23+,24-,25-,26-,27-,28-,29-,32-,33-/m0/s1. The van der Waals surface area contributed by atoms with Crippen LogP contribution in [-0.2, 0) is 52.7 Å². The number of likely N-dealkylation sites (tertiary alicyclic amines) is 1. The van der Waals surface area contributed by atoms with Gasteiger partial charge in [-0.1, -0.05) is 13.8 Å². The van der Waals surface area contributed by atoms with E-state index in [4.69, 9.17) is 11.5 Å². The molecule has 384 valence electrons. The van der Waals surface area contributed by atoms with Gasteiger partial charge in [0.25, 0.3) is 0 Å². The van der Waals surface area contributed by atoms with Crippen LogP contribution in [0.2, 0.25) is 0 Å². The van der Waals surface area contributed by atoms with Gasteiger partial charge in [0.15, 0.2) is 6.04 Å². The van der Waals surface area contributed by atoms with Gasteiger partial charge in [0, 0.05) is 13.0 Å². The Labute approximate surface area is 393 Å². The van der Waals surface area contributed by atoms with E-state index in [-0.39, 0.29) is 50.6 Å². The van der Waals surface area contributed by atoms with Gasteiger partial charge < -0.3 is 79.3 Å². The molecule has 26 heteroatoms. The predicted octanol–water partition coefficient (Wildman–Crippen LogP) is -5.10. The average Bonchev–Trinajstić information content (AvgIpc) is 3.98. The van der Waals surface area contributed by atoms with E-state index in [1.165, 1.54) is 11.8 Å². The number of nitrogens with one attached hydrogen (secondary N) is 8. The first-order chi connectivity index (χ1) is 31.9. The smallest absolute Gasteiger partial charge is 0.328 e. The van der Waals surface area contributed by atoms with Crippen LogP contribution in [-0.4, -0.2) is 177 Å². The fourth-order valence-corrected chi connectivity index (χ4v) is 7.59. The molecule has 0 radical (unpaired) electrons. The Hall–Kier alpha value is -5.99. The van der Waals surface area contributed by atoms with E-state index >= 15 is 0 Å². The first kappa shape index (κ1) is 58.1. The molecule has 0 spiro atoms. The second kappa shape index (κ2) is 28.4. The lowest BCUT2D eigenvalue weighted by Gasteiger charge is -2.31. The number of rotatable bonds is 29. The number of carboxylic acids is 2. The highest BCUT2D eigenvalue weighted by Crippen LogP contribution is 2.21. The molecule has 0 bridgehead atoms. The van der Waals surface area contributed by atoms with E-state index < -0.39 is 145 Å². The monoisotopic (exact) mass is 970 g/mol. The normalized spacial score (nSPS) is 19.6. The Balaban J connectivity index is 2.23. The molecule has 16 N–H and O–H groups in total. The molecule has 2 aliphatic heterocycles. The van der Waals surface area contributed by atoms with Gasteiger partial charge in [0.1, 0.15) is 42.3 Å². The second-order valence-corrected chi connectivity index (χ2v) is 17.6. The summed E-state index contributed by atoms with van der Waals surface area (Å²) in [6.45, 7) is 8.17. The molecule has 0 saturated carbocycles. The quantitative estimate of drug-likeness (QED) is 0.0312. The Morgan fingerprint density at radius 3 is 1.75 bits per heavy atom. The third-order valence-electron chi connectivity index (χ3n) is 11.3. The summed E-state index contributed by atoms with van der Waals surface area (Å²) in [4.78, 5) is 144. The number of unbranched alkanes of at least 4 members (excludes halogenated alkanes) is 1. The van der Waals surface area contributed by atoms with E-state index in [9.17, 15) is 73.2 Å². The molecule has 2 heterocycles. The van der Waals surface area contributed by atoms with E-state index in [2.05, 4.69) is 42.5 Å². The minimum Gasteiger partial charge on any atom is -0.481 e. The molecule has 26 nitrogen and oxygen atoms in total. The zero-order valence-corrected chi connectivity index (χ0v) is 39.2. The van der Waals surface area contributed by atoms with E-state index in [0.717, 1.165) is 20.3 Å². The van der Waals surface area contributed by atoms with Crippen molar-refractivity contribution in [2.45, 2.75) is 172 Å². The number of nitrogens with zero attached hydrogens (tertiary/aromatic N) is 1. The summed E-state index contributed by atoms with van der Waals surface area (Å²) in [5, 5.41) is 58.8. The highest BCUT2D eigenvalue weighted by molar-refractivity contribution is 5.99. The van der Waals surface area contributed by atoms with Crippen molar-refractivity contribution in [3.8, 4) is 0 Å². The summed E-state index contributed by atoms with van der Waals surface area (Å²) in [5.41, 5.74) is 11.0. The maximum atomic E-state index is 13.9. The van der Waals surface area contributed by atoms with Crippen LogP contribution in [0.25, 0.3) is 0 Å². The maximum Gasteiger partial charge on any atom is 0.328 e. The first-order valence-corrected chi connectivity index (χ1v) is 22.8. The Kier molecular flexibility index (Phi) is 24.3. The van der Waals surface area contributed by atoms with Crippen LogP contribution in [0, 0.1) is 5.92 Å². The van der Waals surface area contributed by atoms with Crippen LogP contribution in [0.3, 0.4) is 0 Å². The molecule has 11 atom stereocenters. The number of amides is 9. The zero-order chi connectivity index (χ0) is 51.4. The number of primary amides is 1. The number of aliphatic carboxylic acids is 2. The molecule has 0 aromatic heterocycles. The highest BCUT2D eigenvalue weighted by atomic mass is 16.4. The lowest BCUT2D eigenvalue weighted by atomic mass is 10.0. The summed E-state index contributed by atoms with van der Waals surface area (Å²) in [7, 11) is 0. The Bertz CT molecular complexity index is 1810. The molecule has 2 fully saturated rings. The van der Waals surface area contributed by atoms with Crippen molar-refractivity contribution in [2.24, 2.45) is 17.4 Å². The Morgan fingerprint density at radius 1 is 0.647 bits per heavy atom. The topological polar surface area (TPSA) is 420 Å². The van der Waals surface area contributed by atoms with Crippen molar-refractivity contribution in [1.29, 1.82) is 0 Å². The van der Waals surface area contributed by atoms with E-state index in [0.29, 0.717) is 25.8 Å². The minimum atomic E-state index is -1.83. The fourth-order valence-electron chi connectivity index (χ4n) is 7.59. The van der Waals surface area contributed by atoms with E-state index in [1.54, 1.807) is 0 Å². The van der Waals surface area contributed by atoms with Gasteiger partial charge in [-0.05, 0) is 97.6 Å². The number of carboxylic acid groups (broad SMARTS) is 2. The number of aliphatic hydroxyl groups is 2. The molecular weight excluding hydrogens is 899 g/mol. The maximum absolute atomic E-state index is 13.9. The summed E-state index contributed by atoms with van der Waals surface area (Å²) >= 11 is 0. The molecule has 68 heavy (non-hydrogen) atoms.